The van der Waals surface area contributed by atoms with Gasteiger partial charge in [0.05, 0.1) is 19.9 Å². The van der Waals surface area contributed by atoms with Gasteiger partial charge in [0.1, 0.15) is 11.6 Å². The molecule has 0 saturated carbocycles. The Kier molecular flexibility index (Phi) is 5.46. The van der Waals surface area contributed by atoms with Gasteiger partial charge in [-0.25, -0.2) is 5.01 Å². The van der Waals surface area contributed by atoms with Gasteiger partial charge in [0.15, 0.2) is 18.1 Å². The van der Waals surface area contributed by atoms with E-state index in [4.69, 9.17) is 19.5 Å². The number of nitriles is 1. The Balaban J connectivity index is 1.97. The fraction of sp³-hybridized carbons (Fsp3) is 0.150. The quantitative estimate of drug-likeness (QED) is 0.609. The zero-order chi connectivity index (χ0) is 20.1. The minimum atomic E-state index is -0.517. The van der Waals surface area contributed by atoms with E-state index in [1.54, 1.807) is 36.4 Å². The van der Waals surface area contributed by atoms with Crippen molar-refractivity contribution in [1.29, 1.82) is 5.26 Å². The van der Waals surface area contributed by atoms with Crippen LogP contribution in [0.5, 0.6) is 17.2 Å². The number of nitrogens with one attached hydrogen (secondary N) is 1. The number of nitrogens with zero attached hydrogens (tertiary/aromatic N) is 2. The number of rotatable bonds is 6. The highest BCUT2D eigenvalue weighted by atomic mass is 16.5. The van der Waals surface area contributed by atoms with Crippen LogP contribution >= 0.6 is 0 Å². The second kappa shape index (κ2) is 8.14. The summed E-state index contributed by atoms with van der Waals surface area (Å²) in [6, 6.07) is 13.8. The van der Waals surface area contributed by atoms with Crippen molar-refractivity contribution in [2.24, 2.45) is 0 Å². The molecule has 8 heteroatoms. The normalized spacial score (nSPS) is 14.6. The van der Waals surface area contributed by atoms with Crippen molar-refractivity contribution >= 4 is 23.6 Å². The number of benzene rings is 2. The lowest BCUT2D eigenvalue weighted by atomic mass is 10.1. The van der Waals surface area contributed by atoms with Crippen molar-refractivity contribution < 1.29 is 23.8 Å². The SMILES string of the molecule is COc1cc(C=C2C(=O)NN(c3ccccc3)C2=O)cc(OC)c1OCC#N. The molecule has 8 nitrogen and oxygen atoms in total. The van der Waals surface area contributed by atoms with Crippen LogP contribution in [0.25, 0.3) is 6.08 Å². The van der Waals surface area contributed by atoms with Crippen LogP contribution in [0.1, 0.15) is 5.56 Å². The highest BCUT2D eigenvalue weighted by Gasteiger charge is 2.34. The maximum atomic E-state index is 12.7. The number of ether oxygens (including phenoxy) is 3. The fourth-order valence-corrected chi connectivity index (χ4v) is 2.71. The summed E-state index contributed by atoms with van der Waals surface area (Å²) in [7, 11) is 2.88. The van der Waals surface area contributed by atoms with Gasteiger partial charge in [0.2, 0.25) is 5.75 Å². The lowest BCUT2D eigenvalue weighted by molar-refractivity contribution is -0.117. The second-order valence-electron chi connectivity index (χ2n) is 5.68. The van der Waals surface area contributed by atoms with Gasteiger partial charge in [-0.3, -0.25) is 15.0 Å². The summed E-state index contributed by atoms with van der Waals surface area (Å²) in [5.74, 6) is -0.100. The van der Waals surface area contributed by atoms with E-state index < -0.39 is 11.8 Å². The Hall–Kier alpha value is -3.99. The lowest BCUT2D eigenvalue weighted by Crippen LogP contribution is -2.35. The van der Waals surface area contributed by atoms with E-state index in [0.717, 1.165) is 0 Å². The van der Waals surface area contributed by atoms with E-state index in [2.05, 4.69) is 5.43 Å². The smallest absolute Gasteiger partial charge is 0.282 e. The Morgan fingerprint density at radius 2 is 1.75 bits per heavy atom. The minimum absolute atomic E-state index is 0.0290. The van der Waals surface area contributed by atoms with Gasteiger partial charge in [0.25, 0.3) is 11.8 Å². The first kappa shape index (κ1) is 18.8. The first-order valence-electron chi connectivity index (χ1n) is 8.27. The molecule has 0 aliphatic carbocycles. The number of methoxy groups -OCH3 is 2. The molecule has 0 spiro atoms. The number of amides is 2. The highest BCUT2D eigenvalue weighted by molar-refractivity contribution is 6.31. The van der Waals surface area contributed by atoms with E-state index >= 15 is 0 Å². The summed E-state index contributed by atoms with van der Waals surface area (Å²) in [4.78, 5) is 25.0. The monoisotopic (exact) mass is 379 g/mol. The average Bonchev–Trinajstić information content (AvgIpc) is 3.01. The van der Waals surface area contributed by atoms with Crippen molar-refractivity contribution in [2.75, 3.05) is 25.8 Å². The summed E-state index contributed by atoms with van der Waals surface area (Å²) >= 11 is 0. The van der Waals surface area contributed by atoms with Crippen LogP contribution < -0.4 is 24.6 Å². The maximum Gasteiger partial charge on any atom is 0.282 e. The van der Waals surface area contributed by atoms with Crippen LogP contribution in [0, 0.1) is 11.3 Å². The minimum Gasteiger partial charge on any atom is -0.493 e. The molecule has 0 unspecified atom stereocenters. The first-order valence-corrected chi connectivity index (χ1v) is 8.27. The van der Waals surface area contributed by atoms with Crippen LogP contribution in [-0.2, 0) is 9.59 Å². The van der Waals surface area contributed by atoms with Crippen molar-refractivity contribution in [1.82, 2.24) is 5.43 Å². The third-order valence-corrected chi connectivity index (χ3v) is 3.98. The van der Waals surface area contributed by atoms with Gasteiger partial charge >= 0.3 is 0 Å². The average molecular weight is 379 g/mol. The van der Waals surface area contributed by atoms with Crippen LogP contribution in [0.3, 0.4) is 0 Å². The molecule has 1 saturated heterocycles. The first-order chi connectivity index (χ1) is 13.6. The molecule has 1 heterocycles. The van der Waals surface area contributed by atoms with Crippen LogP contribution in [0.4, 0.5) is 5.69 Å². The molecule has 3 rings (SSSR count). The van der Waals surface area contributed by atoms with Crippen LogP contribution in [0.2, 0.25) is 0 Å². The highest BCUT2D eigenvalue weighted by Crippen LogP contribution is 2.39. The van der Waals surface area contributed by atoms with Crippen molar-refractivity contribution in [3.63, 3.8) is 0 Å². The number of para-hydroxylation sites is 1. The molecule has 2 aromatic carbocycles. The van der Waals surface area contributed by atoms with Crippen molar-refractivity contribution in [3.05, 3.63) is 53.6 Å². The molecule has 0 atom stereocenters. The number of carbonyl (C=O) groups is 2. The molecule has 1 N–H and O–H groups in total. The molecule has 0 radical (unpaired) electrons. The number of carbonyl (C=O) groups excluding carboxylic acids is 2. The third kappa shape index (κ3) is 3.59. The molecule has 28 heavy (non-hydrogen) atoms. The van der Waals surface area contributed by atoms with Gasteiger partial charge in [-0.2, -0.15) is 5.26 Å². The van der Waals surface area contributed by atoms with E-state index in [9.17, 15) is 9.59 Å². The van der Waals surface area contributed by atoms with Gasteiger partial charge in [-0.15, -0.1) is 0 Å². The molecule has 0 aromatic heterocycles. The largest absolute Gasteiger partial charge is 0.493 e. The topological polar surface area (TPSA) is 101 Å². The standard InChI is InChI=1S/C20H17N3O5/c1-26-16-11-13(12-17(27-2)18(16)28-9-8-21)10-15-19(24)22-23(20(15)25)14-6-4-3-5-7-14/h3-7,10-12H,9H2,1-2H3,(H,22,24). The van der Waals surface area contributed by atoms with Gasteiger partial charge in [0, 0.05) is 0 Å². The molecule has 1 aliphatic rings. The molecule has 142 valence electrons. The predicted octanol–water partition coefficient (Wildman–Crippen LogP) is 2.07. The lowest BCUT2D eigenvalue weighted by Gasteiger charge is -2.14. The van der Waals surface area contributed by atoms with E-state index in [-0.39, 0.29) is 17.9 Å². The number of anilines is 1. The molecule has 1 fully saturated rings. The molecular weight excluding hydrogens is 362 g/mol. The summed E-state index contributed by atoms with van der Waals surface area (Å²) in [6.45, 7) is -0.180. The number of hydrogen-bond acceptors (Lipinski definition) is 6. The molecular formula is C20H17N3O5. The van der Waals surface area contributed by atoms with Gasteiger partial charge < -0.3 is 14.2 Å². The van der Waals surface area contributed by atoms with E-state index in [0.29, 0.717) is 22.7 Å². The van der Waals surface area contributed by atoms with Crippen LogP contribution in [-0.4, -0.2) is 32.6 Å². The van der Waals surface area contributed by atoms with Crippen molar-refractivity contribution in [3.8, 4) is 23.3 Å². The van der Waals surface area contributed by atoms with Crippen molar-refractivity contribution in [2.45, 2.75) is 0 Å². The Labute approximate surface area is 161 Å². The fourth-order valence-electron chi connectivity index (χ4n) is 2.71. The molecule has 2 amide bonds. The Morgan fingerprint density at radius 1 is 1.11 bits per heavy atom. The summed E-state index contributed by atoms with van der Waals surface area (Å²) in [5, 5.41) is 9.91. The maximum absolute atomic E-state index is 12.7. The third-order valence-electron chi connectivity index (χ3n) is 3.98. The zero-order valence-corrected chi connectivity index (χ0v) is 15.3. The second-order valence-corrected chi connectivity index (χ2v) is 5.68. The number of hydrogen-bond donors (Lipinski definition) is 1. The molecule has 1 aliphatic heterocycles. The zero-order valence-electron chi connectivity index (χ0n) is 15.3. The summed E-state index contributed by atoms with van der Waals surface area (Å²) in [5.41, 5.74) is 3.57. The Morgan fingerprint density at radius 3 is 2.32 bits per heavy atom. The van der Waals surface area contributed by atoms with E-state index in [1.807, 2.05) is 12.1 Å². The number of hydrazine groups is 1. The van der Waals surface area contributed by atoms with E-state index in [1.165, 1.54) is 25.3 Å². The van der Waals surface area contributed by atoms with Crippen LogP contribution in [0.15, 0.2) is 48.0 Å². The molecule has 0 bridgehead atoms. The van der Waals surface area contributed by atoms with Gasteiger partial charge in [-0.1, -0.05) is 18.2 Å². The van der Waals surface area contributed by atoms with Gasteiger partial charge in [-0.05, 0) is 35.9 Å². The Bertz CT molecular complexity index is 954. The molecule has 2 aromatic rings. The summed E-state index contributed by atoms with van der Waals surface area (Å²) < 4.78 is 15.9. The predicted molar refractivity (Wildman–Crippen MR) is 101 cm³/mol. The summed E-state index contributed by atoms with van der Waals surface area (Å²) in [6.07, 6.45) is 1.44.